The van der Waals surface area contributed by atoms with Gasteiger partial charge in [-0.1, -0.05) is 0 Å². The zero-order chi connectivity index (χ0) is 18.4. The molecule has 1 heterocycles. The zero-order valence-corrected chi connectivity index (χ0v) is 15.0. The van der Waals surface area contributed by atoms with Crippen LogP contribution < -0.4 is 4.74 Å². The molecule has 0 bridgehead atoms. The number of hydrogen-bond donors (Lipinski definition) is 1. The maximum Gasteiger partial charge on any atom is 0.305 e. The maximum atomic E-state index is 12.2. The van der Waals surface area contributed by atoms with Crippen molar-refractivity contribution in [3.63, 3.8) is 0 Å². The first kappa shape index (κ1) is 19.2. The van der Waals surface area contributed by atoms with E-state index in [4.69, 9.17) is 9.84 Å². The molecule has 25 heavy (non-hydrogen) atoms. The SMILES string of the molecule is CS(=O)(=O)c1ccc(OCCCC(=O)N2CCCC2CC(=O)O)cc1. The Hall–Kier alpha value is -2.09. The lowest BCUT2D eigenvalue weighted by Crippen LogP contribution is -2.36. The second kappa shape index (κ2) is 8.33. The molecule has 0 radical (unpaired) electrons. The lowest BCUT2D eigenvalue weighted by atomic mass is 10.1. The van der Waals surface area contributed by atoms with E-state index in [-0.39, 0.29) is 23.3 Å². The minimum Gasteiger partial charge on any atom is -0.494 e. The Labute approximate surface area is 147 Å². The van der Waals surface area contributed by atoms with Gasteiger partial charge < -0.3 is 14.7 Å². The molecule has 0 spiro atoms. The average molecular weight is 369 g/mol. The van der Waals surface area contributed by atoms with Crippen LogP contribution in [-0.2, 0) is 19.4 Å². The molecule has 1 aliphatic heterocycles. The summed E-state index contributed by atoms with van der Waals surface area (Å²) in [6.07, 6.45) is 3.54. The number of carbonyl (C=O) groups excluding carboxylic acids is 1. The Bertz CT molecular complexity index is 713. The largest absolute Gasteiger partial charge is 0.494 e. The molecule has 1 amide bonds. The van der Waals surface area contributed by atoms with Crippen molar-refractivity contribution in [3.05, 3.63) is 24.3 Å². The molecule has 138 valence electrons. The molecule has 8 heteroatoms. The third kappa shape index (κ3) is 5.74. The topological polar surface area (TPSA) is 101 Å². The number of amides is 1. The number of carboxylic acids is 1. The number of carboxylic acid groups (broad SMARTS) is 1. The highest BCUT2D eigenvalue weighted by atomic mass is 32.2. The Balaban J connectivity index is 1.75. The van der Waals surface area contributed by atoms with Crippen LogP contribution in [0.3, 0.4) is 0 Å². The lowest BCUT2D eigenvalue weighted by molar-refractivity contribution is -0.139. The number of nitrogens with zero attached hydrogens (tertiary/aromatic N) is 1. The Morgan fingerprint density at radius 2 is 1.96 bits per heavy atom. The van der Waals surface area contributed by atoms with E-state index in [1.54, 1.807) is 17.0 Å². The predicted octanol–water partition coefficient (Wildman–Crippen LogP) is 1.71. The number of hydrogen-bond acceptors (Lipinski definition) is 5. The molecular weight excluding hydrogens is 346 g/mol. The van der Waals surface area contributed by atoms with Gasteiger partial charge in [-0.2, -0.15) is 0 Å². The molecule has 0 saturated carbocycles. The van der Waals surface area contributed by atoms with Crippen molar-refractivity contribution in [2.75, 3.05) is 19.4 Å². The molecule has 0 aliphatic carbocycles. The number of likely N-dealkylation sites (tertiary alicyclic amines) is 1. The summed E-state index contributed by atoms with van der Waals surface area (Å²) in [6, 6.07) is 5.94. The summed E-state index contributed by atoms with van der Waals surface area (Å²) < 4.78 is 28.3. The summed E-state index contributed by atoms with van der Waals surface area (Å²) in [6.45, 7) is 0.950. The van der Waals surface area contributed by atoms with Crippen molar-refractivity contribution in [2.24, 2.45) is 0 Å². The van der Waals surface area contributed by atoms with Gasteiger partial charge in [0.25, 0.3) is 0 Å². The highest BCUT2D eigenvalue weighted by Crippen LogP contribution is 2.21. The van der Waals surface area contributed by atoms with Crippen LogP contribution in [0.5, 0.6) is 5.75 Å². The molecule has 1 unspecified atom stereocenters. The molecule has 1 atom stereocenters. The molecule has 1 aliphatic rings. The monoisotopic (exact) mass is 369 g/mol. The number of sulfone groups is 1. The van der Waals surface area contributed by atoms with Crippen molar-refractivity contribution in [2.45, 2.75) is 43.0 Å². The smallest absolute Gasteiger partial charge is 0.305 e. The van der Waals surface area contributed by atoms with Crippen LogP contribution in [0.4, 0.5) is 0 Å². The molecular formula is C17H23NO6S. The number of ether oxygens (including phenoxy) is 1. The minimum absolute atomic E-state index is 0.00503. The van der Waals surface area contributed by atoms with Crippen LogP contribution in [0.25, 0.3) is 0 Å². The summed E-state index contributed by atoms with van der Waals surface area (Å²) in [4.78, 5) is 24.9. The van der Waals surface area contributed by atoms with Gasteiger partial charge >= 0.3 is 5.97 Å². The van der Waals surface area contributed by atoms with E-state index in [0.29, 0.717) is 31.7 Å². The molecule has 1 fully saturated rings. The normalized spacial score (nSPS) is 17.5. The number of benzene rings is 1. The molecule has 1 saturated heterocycles. The Morgan fingerprint density at radius 1 is 1.28 bits per heavy atom. The fourth-order valence-corrected chi connectivity index (χ4v) is 3.55. The first-order chi connectivity index (χ1) is 11.8. The van der Waals surface area contributed by atoms with Crippen molar-refractivity contribution in [1.29, 1.82) is 0 Å². The number of aliphatic carboxylic acids is 1. The van der Waals surface area contributed by atoms with Gasteiger partial charge in [0, 0.05) is 25.3 Å². The van der Waals surface area contributed by atoms with Gasteiger partial charge in [0.15, 0.2) is 9.84 Å². The number of carbonyl (C=O) groups is 2. The zero-order valence-electron chi connectivity index (χ0n) is 14.2. The van der Waals surface area contributed by atoms with Gasteiger partial charge in [-0.05, 0) is 43.5 Å². The van der Waals surface area contributed by atoms with E-state index in [2.05, 4.69) is 0 Å². The van der Waals surface area contributed by atoms with Crippen LogP contribution in [0.1, 0.15) is 32.1 Å². The third-order valence-corrected chi connectivity index (χ3v) is 5.29. The van der Waals surface area contributed by atoms with Gasteiger partial charge in [0.05, 0.1) is 17.9 Å². The van der Waals surface area contributed by atoms with Crippen molar-refractivity contribution in [1.82, 2.24) is 4.90 Å². The van der Waals surface area contributed by atoms with Crippen LogP contribution in [0, 0.1) is 0 Å². The summed E-state index contributed by atoms with van der Waals surface area (Å²) in [5, 5.41) is 8.89. The van der Waals surface area contributed by atoms with Crippen LogP contribution in [0.15, 0.2) is 29.2 Å². The maximum absolute atomic E-state index is 12.2. The van der Waals surface area contributed by atoms with Gasteiger partial charge in [0.1, 0.15) is 5.75 Å². The molecule has 0 aromatic heterocycles. The summed E-state index contributed by atoms with van der Waals surface area (Å²) >= 11 is 0. The first-order valence-electron chi connectivity index (χ1n) is 8.21. The van der Waals surface area contributed by atoms with Gasteiger partial charge in [-0.15, -0.1) is 0 Å². The van der Waals surface area contributed by atoms with Crippen LogP contribution in [-0.4, -0.2) is 55.7 Å². The summed E-state index contributed by atoms with van der Waals surface area (Å²) in [5.41, 5.74) is 0. The average Bonchev–Trinajstić information content (AvgIpc) is 2.98. The van der Waals surface area contributed by atoms with E-state index in [9.17, 15) is 18.0 Å². The summed E-state index contributed by atoms with van der Waals surface area (Å²) in [5.74, 6) is -0.380. The third-order valence-electron chi connectivity index (χ3n) is 4.16. The van der Waals surface area contributed by atoms with E-state index >= 15 is 0 Å². The highest BCUT2D eigenvalue weighted by Gasteiger charge is 2.29. The van der Waals surface area contributed by atoms with E-state index < -0.39 is 15.8 Å². The quantitative estimate of drug-likeness (QED) is 0.700. The van der Waals surface area contributed by atoms with Gasteiger partial charge in [-0.3, -0.25) is 9.59 Å². The fourth-order valence-electron chi connectivity index (χ4n) is 2.92. The molecule has 1 N–H and O–H groups in total. The standard InChI is InChI=1S/C17H23NO6S/c1-25(22,23)15-8-6-14(7-9-15)24-11-3-5-16(19)18-10-2-4-13(18)12-17(20)21/h6-9,13H,2-5,10-12H2,1H3,(H,20,21). The Morgan fingerprint density at radius 3 is 2.56 bits per heavy atom. The van der Waals surface area contributed by atoms with Crippen molar-refractivity contribution >= 4 is 21.7 Å². The second-order valence-electron chi connectivity index (χ2n) is 6.18. The molecule has 2 rings (SSSR count). The van der Waals surface area contributed by atoms with E-state index in [1.165, 1.54) is 12.1 Å². The van der Waals surface area contributed by atoms with Crippen molar-refractivity contribution < 1.29 is 27.9 Å². The second-order valence-corrected chi connectivity index (χ2v) is 8.19. The molecule has 1 aromatic carbocycles. The van der Waals surface area contributed by atoms with E-state index in [1.807, 2.05) is 0 Å². The minimum atomic E-state index is -3.23. The first-order valence-corrected chi connectivity index (χ1v) is 10.1. The Kier molecular flexibility index (Phi) is 6.41. The van der Waals surface area contributed by atoms with E-state index in [0.717, 1.165) is 19.1 Å². The fraction of sp³-hybridized carbons (Fsp3) is 0.529. The van der Waals surface area contributed by atoms with Gasteiger partial charge in [-0.25, -0.2) is 8.42 Å². The summed E-state index contributed by atoms with van der Waals surface area (Å²) in [7, 11) is -3.23. The highest BCUT2D eigenvalue weighted by molar-refractivity contribution is 7.90. The molecule has 1 aromatic rings. The molecule has 7 nitrogen and oxygen atoms in total. The van der Waals surface area contributed by atoms with Crippen LogP contribution >= 0.6 is 0 Å². The van der Waals surface area contributed by atoms with Gasteiger partial charge in [0.2, 0.25) is 5.91 Å². The van der Waals surface area contributed by atoms with Crippen LogP contribution in [0.2, 0.25) is 0 Å². The predicted molar refractivity (Wildman–Crippen MR) is 91.3 cm³/mol. The number of rotatable bonds is 8. The lowest BCUT2D eigenvalue weighted by Gasteiger charge is -2.23. The van der Waals surface area contributed by atoms with Crippen molar-refractivity contribution in [3.8, 4) is 5.75 Å².